The molecule has 0 amide bonds. The first kappa shape index (κ1) is 12.4. The summed E-state index contributed by atoms with van der Waals surface area (Å²) in [5.41, 5.74) is 0. The number of likely N-dealkylation sites (tertiary alicyclic amines) is 1. The molecule has 0 aromatic carbocycles. The maximum Gasteiger partial charge on any atom is 0.320 e. The Labute approximate surface area is 80.7 Å². The molecular weight excluding hydrogens is 166 g/mol. The van der Waals surface area contributed by atoms with E-state index in [1.54, 1.807) is 0 Å². The molecule has 1 rings (SSSR count). The van der Waals surface area contributed by atoms with Gasteiger partial charge in [-0.05, 0) is 26.3 Å². The van der Waals surface area contributed by atoms with Crippen molar-refractivity contribution in [1.29, 1.82) is 0 Å². The predicted molar refractivity (Wildman–Crippen MR) is 53.8 cm³/mol. The van der Waals surface area contributed by atoms with Crippen molar-refractivity contribution in [3.63, 3.8) is 0 Å². The van der Waals surface area contributed by atoms with E-state index in [0.29, 0.717) is 12.0 Å². The van der Waals surface area contributed by atoms with Crippen LogP contribution in [0.1, 0.15) is 34.1 Å². The van der Waals surface area contributed by atoms with E-state index in [-0.39, 0.29) is 6.04 Å². The molecule has 78 valence electrons. The number of carbonyl (C=O) groups is 1. The molecule has 3 unspecified atom stereocenters. The van der Waals surface area contributed by atoms with E-state index in [2.05, 4.69) is 13.8 Å². The molecule has 0 bridgehead atoms. The fourth-order valence-electron chi connectivity index (χ4n) is 1.68. The summed E-state index contributed by atoms with van der Waals surface area (Å²) in [5.74, 6) is -0.190. The number of hydrogen-bond acceptors (Lipinski definition) is 2. The molecule has 1 N–H and O–H groups in total. The summed E-state index contributed by atoms with van der Waals surface area (Å²) in [6.45, 7) is 8.18. The summed E-state index contributed by atoms with van der Waals surface area (Å²) in [7, 11) is 1.88. The van der Waals surface area contributed by atoms with E-state index in [1.165, 1.54) is 0 Å². The van der Waals surface area contributed by atoms with Crippen LogP contribution in [-0.2, 0) is 4.79 Å². The molecule has 0 radical (unpaired) electrons. The number of rotatable bonds is 1. The van der Waals surface area contributed by atoms with Crippen LogP contribution < -0.4 is 0 Å². The Morgan fingerprint density at radius 2 is 1.85 bits per heavy atom. The normalized spacial score (nSPS) is 33.8. The molecule has 3 atom stereocenters. The van der Waals surface area contributed by atoms with Gasteiger partial charge in [0.1, 0.15) is 6.04 Å². The van der Waals surface area contributed by atoms with Gasteiger partial charge in [0.15, 0.2) is 0 Å². The molecule has 0 spiro atoms. The lowest BCUT2D eigenvalue weighted by molar-refractivity contribution is -0.142. The van der Waals surface area contributed by atoms with Crippen LogP contribution in [-0.4, -0.2) is 35.1 Å². The molecule has 13 heavy (non-hydrogen) atoms. The van der Waals surface area contributed by atoms with Gasteiger partial charge >= 0.3 is 5.97 Å². The van der Waals surface area contributed by atoms with Gasteiger partial charge in [-0.25, -0.2) is 0 Å². The second-order valence-corrected chi connectivity index (χ2v) is 3.47. The van der Waals surface area contributed by atoms with Crippen molar-refractivity contribution in [3.05, 3.63) is 0 Å². The lowest BCUT2D eigenvalue weighted by Gasteiger charge is -2.20. The molecule has 1 aliphatic heterocycles. The number of carboxylic acids is 1. The molecule has 3 heteroatoms. The largest absolute Gasteiger partial charge is 0.480 e. The Morgan fingerprint density at radius 1 is 1.38 bits per heavy atom. The third-order valence-electron chi connectivity index (χ3n) is 2.84. The summed E-state index contributed by atoms with van der Waals surface area (Å²) in [4.78, 5) is 12.6. The highest BCUT2D eigenvalue weighted by Crippen LogP contribution is 2.27. The minimum atomic E-state index is -0.691. The van der Waals surface area contributed by atoms with Gasteiger partial charge in [-0.1, -0.05) is 20.8 Å². The van der Waals surface area contributed by atoms with Crippen molar-refractivity contribution in [2.45, 2.75) is 46.2 Å². The van der Waals surface area contributed by atoms with Crippen LogP contribution in [0.5, 0.6) is 0 Å². The smallest absolute Gasteiger partial charge is 0.320 e. The van der Waals surface area contributed by atoms with E-state index in [9.17, 15) is 4.79 Å². The molecular formula is C10H21NO2. The summed E-state index contributed by atoms with van der Waals surface area (Å²) >= 11 is 0. The van der Waals surface area contributed by atoms with Crippen molar-refractivity contribution in [3.8, 4) is 0 Å². The SMILES string of the molecule is CC.CC1CC(C(=O)O)N(C)C1C. The van der Waals surface area contributed by atoms with E-state index < -0.39 is 5.97 Å². The highest BCUT2D eigenvalue weighted by molar-refractivity contribution is 5.73. The van der Waals surface area contributed by atoms with Crippen molar-refractivity contribution in [2.75, 3.05) is 7.05 Å². The van der Waals surface area contributed by atoms with E-state index in [4.69, 9.17) is 5.11 Å². The van der Waals surface area contributed by atoms with Crippen molar-refractivity contribution in [2.24, 2.45) is 5.92 Å². The first-order chi connectivity index (χ1) is 6.04. The Kier molecular flexibility index (Phi) is 4.99. The second-order valence-electron chi connectivity index (χ2n) is 3.47. The lowest BCUT2D eigenvalue weighted by atomic mass is 10.0. The second kappa shape index (κ2) is 5.22. The topological polar surface area (TPSA) is 40.5 Å². The standard InChI is InChI=1S/C8H15NO2.C2H6/c1-5-4-7(8(10)11)9(3)6(5)2;1-2/h5-7H,4H2,1-3H3,(H,10,11);1-2H3. The third kappa shape index (κ3) is 2.69. The predicted octanol–water partition coefficient (Wildman–Crippen LogP) is 1.83. The van der Waals surface area contributed by atoms with E-state index in [1.807, 2.05) is 25.8 Å². The van der Waals surface area contributed by atoms with Crippen molar-refractivity contribution in [1.82, 2.24) is 4.90 Å². The van der Waals surface area contributed by atoms with Gasteiger partial charge in [-0.2, -0.15) is 0 Å². The maximum absolute atomic E-state index is 10.7. The Bertz CT molecular complexity index is 170. The monoisotopic (exact) mass is 187 g/mol. The molecule has 0 aromatic rings. The minimum Gasteiger partial charge on any atom is -0.480 e. The molecule has 1 saturated heterocycles. The van der Waals surface area contributed by atoms with Gasteiger partial charge in [0.05, 0.1) is 0 Å². The van der Waals surface area contributed by atoms with Gasteiger partial charge in [-0.3, -0.25) is 9.69 Å². The third-order valence-corrected chi connectivity index (χ3v) is 2.84. The molecule has 0 aromatic heterocycles. The average Bonchev–Trinajstić information content (AvgIpc) is 2.36. The zero-order chi connectivity index (χ0) is 10.6. The lowest BCUT2D eigenvalue weighted by Crippen LogP contribution is -2.36. The summed E-state index contributed by atoms with van der Waals surface area (Å²) in [5, 5.41) is 8.78. The van der Waals surface area contributed by atoms with Gasteiger partial charge in [0.2, 0.25) is 0 Å². The van der Waals surface area contributed by atoms with Gasteiger partial charge in [0.25, 0.3) is 0 Å². The highest BCUT2D eigenvalue weighted by Gasteiger charge is 2.37. The summed E-state index contributed by atoms with van der Waals surface area (Å²) in [6.07, 6.45) is 0.785. The molecule has 0 saturated carbocycles. The zero-order valence-corrected chi connectivity index (χ0v) is 9.24. The Morgan fingerprint density at radius 3 is 2.00 bits per heavy atom. The van der Waals surface area contributed by atoms with E-state index in [0.717, 1.165) is 6.42 Å². The maximum atomic E-state index is 10.7. The van der Waals surface area contributed by atoms with Crippen LogP contribution in [0.25, 0.3) is 0 Å². The summed E-state index contributed by atoms with van der Waals surface area (Å²) in [6, 6.07) is 0.135. The van der Waals surface area contributed by atoms with Gasteiger partial charge < -0.3 is 5.11 Å². The van der Waals surface area contributed by atoms with Crippen LogP contribution >= 0.6 is 0 Å². The van der Waals surface area contributed by atoms with Crippen LogP contribution in [0.2, 0.25) is 0 Å². The van der Waals surface area contributed by atoms with Crippen LogP contribution in [0.15, 0.2) is 0 Å². The van der Waals surface area contributed by atoms with Crippen LogP contribution in [0.4, 0.5) is 0 Å². The average molecular weight is 187 g/mol. The number of aliphatic carboxylic acids is 1. The fourth-order valence-corrected chi connectivity index (χ4v) is 1.68. The van der Waals surface area contributed by atoms with E-state index >= 15 is 0 Å². The quantitative estimate of drug-likeness (QED) is 0.680. The number of likely N-dealkylation sites (N-methyl/N-ethyl adjacent to an activating group) is 1. The number of hydrogen-bond donors (Lipinski definition) is 1. The molecule has 0 aliphatic carbocycles. The van der Waals surface area contributed by atoms with Crippen LogP contribution in [0.3, 0.4) is 0 Å². The van der Waals surface area contributed by atoms with Crippen molar-refractivity contribution < 1.29 is 9.90 Å². The number of nitrogens with zero attached hydrogens (tertiary/aromatic N) is 1. The Hall–Kier alpha value is -0.570. The Balaban J connectivity index is 0.000000671. The van der Waals surface area contributed by atoms with Crippen molar-refractivity contribution >= 4 is 5.97 Å². The highest BCUT2D eigenvalue weighted by atomic mass is 16.4. The minimum absolute atomic E-state index is 0.264. The van der Waals surface area contributed by atoms with Gasteiger partial charge in [-0.15, -0.1) is 0 Å². The molecule has 1 fully saturated rings. The fraction of sp³-hybridized carbons (Fsp3) is 0.900. The molecule has 3 nitrogen and oxygen atoms in total. The number of carboxylic acid groups (broad SMARTS) is 1. The summed E-state index contributed by atoms with van der Waals surface area (Å²) < 4.78 is 0. The first-order valence-electron chi connectivity index (χ1n) is 4.98. The zero-order valence-electron chi connectivity index (χ0n) is 9.24. The first-order valence-corrected chi connectivity index (χ1v) is 4.98. The molecule has 1 heterocycles. The molecule has 1 aliphatic rings. The van der Waals surface area contributed by atoms with Crippen LogP contribution in [0, 0.1) is 5.92 Å². The van der Waals surface area contributed by atoms with Gasteiger partial charge in [0, 0.05) is 6.04 Å².